The number of nitrogens with zero attached hydrogens (tertiary/aromatic N) is 2. The van der Waals surface area contributed by atoms with E-state index < -0.39 is 27.3 Å². The van der Waals surface area contributed by atoms with Crippen LogP contribution in [0, 0.1) is 5.92 Å². The second kappa shape index (κ2) is 11.3. The Morgan fingerprint density at radius 3 is 2.58 bits per heavy atom. The third-order valence-electron chi connectivity index (χ3n) is 5.04. The highest BCUT2D eigenvalue weighted by molar-refractivity contribution is 7.88. The maximum absolute atomic E-state index is 12.9. The summed E-state index contributed by atoms with van der Waals surface area (Å²) in [5, 5.41) is 0. The van der Waals surface area contributed by atoms with E-state index in [1.54, 1.807) is 6.92 Å². The minimum atomic E-state index is -3.77. The monoisotopic (exact) mass is 453 g/mol. The Labute approximate surface area is 182 Å². The molecule has 0 amide bonds. The van der Waals surface area contributed by atoms with E-state index in [2.05, 4.69) is 18.8 Å². The summed E-state index contributed by atoms with van der Waals surface area (Å²) in [4.78, 5) is 30.2. The summed E-state index contributed by atoms with van der Waals surface area (Å²) in [6.07, 6.45) is 2.53. The molecule has 0 aliphatic carbocycles. The molecule has 0 aliphatic rings. The van der Waals surface area contributed by atoms with E-state index in [-0.39, 0.29) is 18.7 Å². The van der Waals surface area contributed by atoms with E-state index in [0.29, 0.717) is 18.3 Å². The van der Waals surface area contributed by atoms with Crippen molar-refractivity contribution in [3.8, 4) is 5.75 Å². The lowest BCUT2D eigenvalue weighted by molar-refractivity contribution is -0.0772. The third-order valence-corrected chi connectivity index (χ3v) is 6.86. The lowest BCUT2D eigenvalue weighted by Crippen LogP contribution is -2.35. The summed E-state index contributed by atoms with van der Waals surface area (Å²) in [5.41, 5.74) is -0.330. The summed E-state index contributed by atoms with van der Waals surface area (Å²) >= 11 is 0. The van der Waals surface area contributed by atoms with Gasteiger partial charge in [-0.15, -0.1) is 0 Å². The number of aryl methyl sites for hydroxylation is 1. The first-order valence-corrected chi connectivity index (χ1v) is 11.9. The van der Waals surface area contributed by atoms with E-state index in [4.69, 9.17) is 9.57 Å². The summed E-state index contributed by atoms with van der Waals surface area (Å²) in [5.74, 6) is 0.878. The van der Waals surface area contributed by atoms with Gasteiger partial charge in [-0.2, -0.15) is 0 Å². The van der Waals surface area contributed by atoms with Gasteiger partial charge in [0.1, 0.15) is 5.75 Å². The first-order chi connectivity index (χ1) is 14.7. The van der Waals surface area contributed by atoms with Crippen molar-refractivity contribution in [1.82, 2.24) is 14.0 Å². The van der Waals surface area contributed by atoms with Gasteiger partial charge in [-0.3, -0.25) is 14.6 Å². The molecular formula is C21H31N3O6S. The number of hydrogen-bond donors (Lipinski definition) is 1. The second-order valence-corrected chi connectivity index (χ2v) is 9.42. The van der Waals surface area contributed by atoms with Crippen molar-refractivity contribution in [3.63, 3.8) is 0 Å². The molecule has 2 atom stereocenters. The second-order valence-electron chi connectivity index (χ2n) is 7.48. The molecule has 0 radical (unpaired) electrons. The Bertz CT molecular complexity index is 1060. The molecule has 0 bridgehead atoms. The van der Waals surface area contributed by atoms with Crippen LogP contribution in [-0.2, 0) is 21.4 Å². The molecule has 0 saturated heterocycles. The van der Waals surface area contributed by atoms with Gasteiger partial charge in [-0.25, -0.2) is 13.2 Å². The summed E-state index contributed by atoms with van der Waals surface area (Å²) in [6.45, 7) is 6.68. The van der Waals surface area contributed by atoms with Crippen molar-refractivity contribution in [2.75, 3.05) is 19.5 Å². The molecule has 1 aromatic heterocycles. The van der Waals surface area contributed by atoms with Crippen LogP contribution in [0.1, 0.15) is 45.2 Å². The number of ether oxygens (including phenoxy) is 1. The van der Waals surface area contributed by atoms with E-state index in [1.165, 1.54) is 23.9 Å². The molecule has 10 heteroatoms. The third kappa shape index (κ3) is 7.05. The number of nitrogens with one attached hydrogen (secondary N) is 1. The number of sulfonamides is 1. The summed E-state index contributed by atoms with van der Waals surface area (Å²) < 4.78 is 33.8. The number of rotatable bonds is 12. The first kappa shape index (κ1) is 24.8. The largest absolute Gasteiger partial charge is 0.493 e. The van der Waals surface area contributed by atoms with Gasteiger partial charge in [0.15, 0.2) is 0 Å². The van der Waals surface area contributed by atoms with Crippen LogP contribution in [0.15, 0.2) is 46.1 Å². The zero-order chi connectivity index (χ0) is 23.0. The smallest absolute Gasteiger partial charge is 0.328 e. The minimum Gasteiger partial charge on any atom is -0.493 e. The fraction of sp³-hybridized carbons (Fsp3) is 0.524. The zero-order valence-electron chi connectivity index (χ0n) is 18.4. The molecule has 172 valence electrons. The molecule has 1 aromatic carbocycles. The predicted molar refractivity (Wildman–Crippen MR) is 118 cm³/mol. The number of H-pyrrole nitrogens is 1. The number of aromatic nitrogens is 2. The van der Waals surface area contributed by atoms with Crippen molar-refractivity contribution >= 4 is 10.0 Å². The topological polar surface area (TPSA) is 111 Å². The van der Waals surface area contributed by atoms with Gasteiger partial charge in [0.2, 0.25) is 10.0 Å². The van der Waals surface area contributed by atoms with E-state index in [1.807, 2.05) is 24.3 Å². The van der Waals surface area contributed by atoms with Crippen molar-refractivity contribution in [1.29, 1.82) is 0 Å². The first-order valence-electron chi connectivity index (χ1n) is 10.3. The Hall–Kier alpha value is -2.43. The molecule has 31 heavy (non-hydrogen) atoms. The van der Waals surface area contributed by atoms with Crippen LogP contribution in [0.2, 0.25) is 0 Å². The lowest BCUT2D eigenvalue weighted by Gasteiger charge is -2.26. The lowest BCUT2D eigenvalue weighted by atomic mass is 10.1. The van der Waals surface area contributed by atoms with Crippen LogP contribution in [0.3, 0.4) is 0 Å². The van der Waals surface area contributed by atoms with Crippen molar-refractivity contribution in [3.05, 3.63) is 62.9 Å². The molecule has 2 rings (SSSR count). The van der Waals surface area contributed by atoms with Crippen LogP contribution in [0.25, 0.3) is 0 Å². The van der Waals surface area contributed by atoms with E-state index >= 15 is 0 Å². The minimum absolute atomic E-state index is 0.152. The van der Waals surface area contributed by atoms with Gasteiger partial charge in [-0.05, 0) is 37.0 Å². The molecule has 0 unspecified atom stereocenters. The summed E-state index contributed by atoms with van der Waals surface area (Å²) in [6, 6.07) is 7.94. The van der Waals surface area contributed by atoms with Crippen molar-refractivity contribution in [2.45, 2.75) is 46.2 Å². The molecule has 9 nitrogen and oxygen atoms in total. The fourth-order valence-electron chi connectivity index (χ4n) is 2.98. The van der Waals surface area contributed by atoms with Crippen molar-refractivity contribution in [2.24, 2.45) is 5.92 Å². The Balaban J connectivity index is 2.06. The predicted octanol–water partition coefficient (Wildman–Crippen LogP) is 2.31. The Kier molecular flexibility index (Phi) is 9.02. The number of hydroxylamine groups is 1. The van der Waals surface area contributed by atoms with Crippen LogP contribution < -0.4 is 16.0 Å². The molecule has 0 aliphatic heterocycles. The highest BCUT2D eigenvalue weighted by Crippen LogP contribution is 2.27. The van der Waals surface area contributed by atoms with Gasteiger partial charge in [0, 0.05) is 18.8 Å². The highest BCUT2D eigenvalue weighted by Gasteiger charge is 2.28. The van der Waals surface area contributed by atoms with E-state index in [9.17, 15) is 18.0 Å². The molecule has 1 N–H and O–H groups in total. The maximum atomic E-state index is 12.9. The molecular weight excluding hydrogens is 422 g/mol. The van der Waals surface area contributed by atoms with E-state index in [0.717, 1.165) is 16.5 Å². The SMILES string of the molecule is CC[C@H](C)COc1cccc([C@@H](C)N(OC)S(=O)(=O)CCCn2ccc(=O)[nH]c2=O)c1. The van der Waals surface area contributed by atoms with Gasteiger partial charge >= 0.3 is 5.69 Å². The quantitative estimate of drug-likeness (QED) is 0.494. The number of aromatic amines is 1. The number of hydrogen-bond acceptors (Lipinski definition) is 6. The van der Waals surface area contributed by atoms with Crippen LogP contribution in [-0.4, -0.2) is 41.9 Å². The standard InChI is InChI=1S/C21H31N3O6S/c1-5-16(2)15-30-19-9-6-8-18(14-19)17(3)24(29-4)31(27,28)13-7-11-23-12-10-20(25)22-21(23)26/h6,8-10,12,14,16-17H,5,7,11,13,15H2,1-4H3,(H,22,25,26)/t16-,17+/m0/s1. The molecule has 0 saturated carbocycles. The number of benzene rings is 1. The molecule has 2 aromatic rings. The maximum Gasteiger partial charge on any atom is 0.328 e. The zero-order valence-corrected chi connectivity index (χ0v) is 19.2. The summed E-state index contributed by atoms with van der Waals surface area (Å²) in [7, 11) is -2.46. The average molecular weight is 454 g/mol. The van der Waals surface area contributed by atoms with Crippen LogP contribution in [0.4, 0.5) is 0 Å². The molecule has 0 fully saturated rings. The van der Waals surface area contributed by atoms with Crippen LogP contribution >= 0.6 is 0 Å². The van der Waals surface area contributed by atoms with Crippen molar-refractivity contribution < 1.29 is 18.0 Å². The van der Waals surface area contributed by atoms with Gasteiger partial charge < -0.3 is 9.30 Å². The van der Waals surface area contributed by atoms with Gasteiger partial charge in [-0.1, -0.05) is 36.9 Å². The average Bonchev–Trinajstić information content (AvgIpc) is 2.73. The van der Waals surface area contributed by atoms with Gasteiger partial charge in [0.25, 0.3) is 5.56 Å². The van der Waals surface area contributed by atoms with Crippen LogP contribution in [0.5, 0.6) is 5.75 Å². The highest BCUT2D eigenvalue weighted by atomic mass is 32.2. The molecule has 0 spiro atoms. The van der Waals surface area contributed by atoms with Gasteiger partial charge in [0.05, 0.1) is 25.5 Å². The molecule has 1 heterocycles. The Morgan fingerprint density at radius 1 is 1.19 bits per heavy atom. The Morgan fingerprint density at radius 2 is 1.94 bits per heavy atom. The fourth-order valence-corrected chi connectivity index (χ4v) is 4.49. The normalized spacial score (nSPS) is 13.8.